The minimum absolute atomic E-state index is 0.0763. The molecular weight excluding hydrogens is 374 g/mol. The van der Waals surface area contributed by atoms with Gasteiger partial charge in [0, 0.05) is 19.4 Å². The number of aromatic nitrogens is 5. The largest absolute Gasteiger partial charge is 0.505 e. The fourth-order valence-electron chi connectivity index (χ4n) is 2.82. The van der Waals surface area contributed by atoms with E-state index in [0.29, 0.717) is 4.57 Å². The molecular formula is C15H13F4N5O3. The first kappa shape index (κ1) is 18.6. The average Bonchev–Trinajstić information content (AvgIpc) is 2.85. The summed E-state index contributed by atoms with van der Waals surface area (Å²) in [6.07, 6.45) is -0.545. The molecule has 8 nitrogen and oxygen atoms in total. The summed E-state index contributed by atoms with van der Waals surface area (Å²) < 4.78 is 57.5. The molecule has 144 valence electrons. The third-order valence-electron chi connectivity index (χ3n) is 3.80. The molecule has 1 N–H and O–H groups in total. The molecule has 0 aromatic carbocycles. The average molecular weight is 387 g/mol. The molecule has 3 heterocycles. The van der Waals surface area contributed by atoms with E-state index in [4.69, 9.17) is 0 Å². The molecule has 0 spiro atoms. The predicted octanol–water partition coefficient (Wildman–Crippen LogP) is 2.07. The van der Waals surface area contributed by atoms with Gasteiger partial charge in [-0.15, -0.1) is 0 Å². The lowest BCUT2D eigenvalue weighted by molar-refractivity contribution is -0.0549. The SMILES string of the molecule is Cc1nn(C)c(OC(F)F)c1-c1c(O)c2nccnc2n(CC(F)F)c1=O. The highest BCUT2D eigenvalue weighted by molar-refractivity contribution is 5.89. The Labute approximate surface area is 148 Å². The molecule has 0 atom stereocenters. The van der Waals surface area contributed by atoms with Gasteiger partial charge in [0.2, 0.25) is 5.88 Å². The summed E-state index contributed by atoms with van der Waals surface area (Å²) in [5.74, 6) is -1.19. The summed E-state index contributed by atoms with van der Waals surface area (Å²) in [5.41, 5.74) is -2.25. The first-order valence-corrected chi connectivity index (χ1v) is 7.55. The normalized spacial score (nSPS) is 11.7. The highest BCUT2D eigenvalue weighted by Gasteiger charge is 2.28. The molecule has 0 amide bonds. The Bertz CT molecular complexity index is 1060. The van der Waals surface area contributed by atoms with E-state index in [9.17, 15) is 27.5 Å². The van der Waals surface area contributed by atoms with Crippen molar-refractivity contribution in [3.05, 3.63) is 28.4 Å². The van der Waals surface area contributed by atoms with E-state index in [1.165, 1.54) is 26.4 Å². The Hall–Kier alpha value is -3.18. The Morgan fingerprint density at radius 2 is 1.85 bits per heavy atom. The van der Waals surface area contributed by atoms with Crippen molar-refractivity contribution in [3.8, 4) is 22.8 Å². The number of halogens is 4. The Kier molecular flexibility index (Phi) is 4.72. The maximum Gasteiger partial charge on any atom is 0.388 e. The van der Waals surface area contributed by atoms with Crippen LogP contribution in [0.15, 0.2) is 17.2 Å². The van der Waals surface area contributed by atoms with Gasteiger partial charge in [0.05, 0.1) is 23.4 Å². The van der Waals surface area contributed by atoms with Crippen molar-refractivity contribution in [1.29, 1.82) is 0 Å². The van der Waals surface area contributed by atoms with E-state index in [-0.39, 0.29) is 22.4 Å². The van der Waals surface area contributed by atoms with Gasteiger partial charge in [-0.1, -0.05) is 0 Å². The van der Waals surface area contributed by atoms with Crippen molar-refractivity contribution in [3.63, 3.8) is 0 Å². The van der Waals surface area contributed by atoms with Crippen LogP contribution in [0.5, 0.6) is 11.6 Å². The number of pyridine rings is 1. The summed E-state index contributed by atoms with van der Waals surface area (Å²) in [6, 6.07) is 0. The topological polar surface area (TPSA) is 95.1 Å². The van der Waals surface area contributed by atoms with Crippen molar-refractivity contribution in [2.24, 2.45) is 7.05 Å². The summed E-state index contributed by atoms with van der Waals surface area (Å²) >= 11 is 0. The van der Waals surface area contributed by atoms with E-state index in [1.54, 1.807) is 0 Å². The van der Waals surface area contributed by atoms with Gasteiger partial charge in [-0.05, 0) is 6.92 Å². The van der Waals surface area contributed by atoms with Gasteiger partial charge < -0.3 is 9.84 Å². The number of aryl methyl sites for hydroxylation is 2. The first-order chi connectivity index (χ1) is 12.7. The van der Waals surface area contributed by atoms with Crippen molar-refractivity contribution in [2.45, 2.75) is 26.5 Å². The van der Waals surface area contributed by atoms with Crippen LogP contribution >= 0.6 is 0 Å². The molecule has 3 aromatic heterocycles. The Morgan fingerprint density at radius 3 is 2.48 bits per heavy atom. The molecule has 0 aliphatic carbocycles. The second-order valence-electron chi connectivity index (χ2n) is 5.53. The molecule has 0 aliphatic heterocycles. The molecule has 0 fully saturated rings. The van der Waals surface area contributed by atoms with Crippen LogP contribution in [0.3, 0.4) is 0 Å². The number of ether oxygens (including phenoxy) is 1. The quantitative estimate of drug-likeness (QED) is 0.674. The fraction of sp³-hybridized carbons (Fsp3) is 0.333. The van der Waals surface area contributed by atoms with Crippen molar-refractivity contribution in [2.75, 3.05) is 0 Å². The summed E-state index contributed by atoms with van der Waals surface area (Å²) in [4.78, 5) is 20.6. The van der Waals surface area contributed by atoms with Crippen LogP contribution in [0.25, 0.3) is 22.3 Å². The zero-order valence-corrected chi connectivity index (χ0v) is 14.0. The highest BCUT2D eigenvalue weighted by atomic mass is 19.3. The number of aromatic hydroxyl groups is 1. The molecule has 0 saturated carbocycles. The number of nitrogens with zero attached hydrogens (tertiary/aromatic N) is 5. The minimum Gasteiger partial charge on any atom is -0.505 e. The number of hydrogen-bond acceptors (Lipinski definition) is 6. The molecule has 0 bridgehead atoms. The molecule has 0 radical (unpaired) electrons. The molecule has 0 unspecified atom stereocenters. The van der Waals surface area contributed by atoms with E-state index in [0.717, 1.165) is 4.68 Å². The highest BCUT2D eigenvalue weighted by Crippen LogP contribution is 2.39. The molecule has 3 aromatic rings. The monoisotopic (exact) mass is 387 g/mol. The molecule has 27 heavy (non-hydrogen) atoms. The van der Waals surface area contributed by atoms with Crippen LogP contribution in [0.2, 0.25) is 0 Å². The summed E-state index contributed by atoms with van der Waals surface area (Å²) in [5, 5.41) is 14.5. The lowest BCUT2D eigenvalue weighted by atomic mass is 10.1. The standard InChI is InChI=1S/C15H13F4N5O3/c1-6-8(14(23(2)22-6)27-15(18)19)9-11(25)10-12(21-4-3-20-10)24(13(9)26)5-7(16)17/h3-4,7,15,25H,5H2,1-2H3. The number of alkyl halides is 4. The van der Waals surface area contributed by atoms with Crippen molar-refractivity contribution >= 4 is 11.2 Å². The molecule has 12 heteroatoms. The first-order valence-electron chi connectivity index (χ1n) is 7.55. The van der Waals surface area contributed by atoms with E-state index in [2.05, 4.69) is 19.8 Å². The molecule has 0 aliphatic rings. The van der Waals surface area contributed by atoms with E-state index in [1.807, 2.05) is 0 Å². The van der Waals surface area contributed by atoms with Crippen molar-refractivity contribution < 1.29 is 27.4 Å². The van der Waals surface area contributed by atoms with Gasteiger partial charge in [0.25, 0.3) is 12.0 Å². The van der Waals surface area contributed by atoms with Gasteiger partial charge in [-0.2, -0.15) is 13.9 Å². The van der Waals surface area contributed by atoms with Gasteiger partial charge in [-0.25, -0.2) is 23.4 Å². The van der Waals surface area contributed by atoms with Crippen LogP contribution < -0.4 is 10.3 Å². The number of rotatable bonds is 5. The van der Waals surface area contributed by atoms with Crippen LogP contribution in [-0.2, 0) is 13.6 Å². The van der Waals surface area contributed by atoms with Crippen molar-refractivity contribution in [1.82, 2.24) is 24.3 Å². The van der Waals surface area contributed by atoms with Crippen LogP contribution in [0.1, 0.15) is 5.69 Å². The van der Waals surface area contributed by atoms with E-state index < -0.39 is 42.3 Å². The van der Waals surface area contributed by atoms with Gasteiger partial charge in [-0.3, -0.25) is 9.36 Å². The zero-order valence-electron chi connectivity index (χ0n) is 14.0. The second kappa shape index (κ2) is 6.85. The van der Waals surface area contributed by atoms with Gasteiger partial charge in [0.15, 0.2) is 11.4 Å². The summed E-state index contributed by atoms with van der Waals surface area (Å²) in [7, 11) is 1.30. The van der Waals surface area contributed by atoms with Crippen LogP contribution in [0.4, 0.5) is 17.6 Å². The van der Waals surface area contributed by atoms with Gasteiger partial charge in [0.1, 0.15) is 5.52 Å². The lowest BCUT2D eigenvalue weighted by Gasteiger charge is -2.14. The maximum atomic E-state index is 13.0. The maximum absolute atomic E-state index is 13.0. The summed E-state index contributed by atoms with van der Waals surface area (Å²) in [6.45, 7) is -2.86. The second-order valence-corrected chi connectivity index (χ2v) is 5.53. The van der Waals surface area contributed by atoms with Crippen LogP contribution in [0, 0.1) is 6.92 Å². The molecule has 3 rings (SSSR count). The Morgan fingerprint density at radius 1 is 1.19 bits per heavy atom. The lowest BCUT2D eigenvalue weighted by Crippen LogP contribution is -2.26. The van der Waals surface area contributed by atoms with Gasteiger partial charge >= 0.3 is 6.61 Å². The smallest absolute Gasteiger partial charge is 0.388 e. The third-order valence-corrected chi connectivity index (χ3v) is 3.80. The third kappa shape index (κ3) is 3.17. The minimum atomic E-state index is -3.23. The van der Waals surface area contributed by atoms with E-state index >= 15 is 0 Å². The zero-order chi connectivity index (χ0) is 19.9. The van der Waals surface area contributed by atoms with Crippen LogP contribution in [-0.4, -0.2) is 42.5 Å². The Balaban J connectivity index is 2.42. The fourth-order valence-corrected chi connectivity index (χ4v) is 2.82. The number of hydrogen-bond donors (Lipinski definition) is 1. The molecule has 0 saturated heterocycles. The number of fused-ring (bicyclic) bond motifs is 1. The predicted molar refractivity (Wildman–Crippen MR) is 85.0 cm³/mol.